The van der Waals surface area contributed by atoms with Gasteiger partial charge in [-0.2, -0.15) is 0 Å². The van der Waals surface area contributed by atoms with Crippen LogP contribution in [0, 0.1) is 0 Å². The summed E-state index contributed by atoms with van der Waals surface area (Å²) >= 11 is 0. The van der Waals surface area contributed by atoms with Crippen molar-refractivity contribution in [3.05, 3.63) is 42.2 Å². The molecule has 1 aromatic carbocycles. The van der Waals surface area contributed by atoms with Gasteiger partial charge in [0.05, 0.1) is 30.2 Å². The number of nitrogens with zero attached hydrogens (tertiary/aromatic N) is 3. The predicted molar refractivity (Wildman–Crippen MR) is 72.5 cm³/mol. The van der Waals surface area contributed by atoms with E-state index in [1.165, 1.54) is 0 Å². The van der Waals surface area contributed by atoms with Gasteiger partial charge in [0.1, 0.15) is 0 Å². The first-order valence-electron chi connectivity index (χ1n) is 6.36. The van der Waals surface area contributed by atoms with E-state index in [1.807, 2.05) is 30.3 Å². The minimum Gasteiger partial charge on any atom is -0.379 e. The highest BCUT2D eigenvalue weighted by atomic mass is 16.5. The molecule has 1 aromatic heterocycles. The van der Waals surface area contributed by atoms with E-state index in [0.29, 0.717) is 13.2 Å². The lowest BCUT2D eigenvalue weighted by atomic mass is 10.2. The number of rotatable bonds is 7. The highest BCUT2D eigenvalue weighted by Gasteiger charge is 2.16. The number of hydrazine groups is 1. The van der Waals surface area contributed by atoms with E-state index in [2.05, 4.69) is 22.7 Å². The molecule has 102 valence electrons. The molecule has 0 saturated carbocycles. The van der Waals surface area contributed by atoms with Crippen molar-refractivity contribution in [3.8, 4) is 5.69 Å². The zero-order valence-corrected chi connectivity index (χ0v) is 11.0. The number of benzene rings is 1. The molecule has 0 bridgehead atoms. The van der Waals surface area contributed by atoms with Gasteiger partial charge in [0.25, 0.3) is 0 Å². The molecule has 0 spiro atoms. The first-order valence-corrected chi connectivity index (χ1v) is 6.36. The molecule has 0 aliphatic carbocycles. The highest BCUT2D eigenvalue weighted by molar-refractivity contribution is 5.32. The summed E-state index contributed by atoms with van der Waals surface area (Å²) in [7, 11) is 0. The summed E-state index contributed by atoms with van der Waals surface area (Å²) in [4.78, 5) is 0. The third-order valence-electron chi connectivity index (χ3n) is 2.77. The Labute approximate surface area is 112 Å². The lowest BCUT2D eigenvalue weighted by Gasteiger charge is -2.16. The van der Waals surface area contributed by atoms with Crippen molar-refractivity contribution in [3.63, 3.8) is 0 Å². The van der Waals surface area contributed by atoms with Crippen LogP contribution in [0.4, 0.5) is 0 Å². The summed E-state index contributed by atoms with van der Waals surface area (Å²) in [6.45, 7) is 3.27. The molecule has 6 heteroatoms. The number of para-hydroxylation sites is 1. The molecule has 0 fully saturated rings. The van der Waals surface area contributed by atoms with Crippen LogP contribution in [-0.2, 0) is 4.74 Å². The van der Waals surface area contributed by atoms with Crippen molar-refractivity contribution < 1.29 is 4.74 Å². The zero-order chi connectivity index (χ0) is 13.5. The van der Waals surface area contributed by atoms with Crippen LogP contribution in [-0.4, -0.2) is 28.2 Å². The minimum atomic E-state index is -0.137. The molecule has 1 heterocycles. The summed E-state index contributed by atoms with van der Waals surface area (Å²) in [6, 6.07) is 9.68. The highest BCUT2D eigenvalue weighted by Crippen LogP contribution is 2.15. The summed E-state index contributed by atoms with van der Waals surface area (Å²) in [5.74, 6) is 5.59. The van der Waals surface area contributed by atoms with E-state index in [9.17, 15) is 0 Å². The van der Waals surface area contributed by atoms with Crippen LogP contribution in [0.1, 0.15) is 25.1 Å². The van der Waals surface area contributed by atoms with Crippen LogP contribution >= 0.6 is 0 Å². The summed E-state index contributed by atoms with van der Waals surface area (Å²) in [5.41, 5.74) is 4.58. The molecule has 3 N–H and O–H groups in total. The normalized spacial score (nSPS) is 12.5. The number of aromatic nitrogens is 3. The maximum atomic E-state index is 5.59. The Bertz CT molecular complexity index is 485. The van der Waals surface area contributed by atoms with Crippen LogP contribution in [0.15, 0.2) is 36.5 Å². The van der Waals surface area contributed by atoms with E-state index in [0.717, 1.165) is 17.8 Å². The second kappa shape index (κ2) is 6.98. The molecule has 0 aliphatic heterocycles. The summed E-state index contributed by atoms with van der Waals surface area (Å²) in [6.07, 6.45) is 2.68. The van der Waals surface area contributed by atoms with Crippen LogP contribution in [0.5, 0.6) is 0 Å². The van der Waals surface area contributed by atoms with Gasteiger partial charge in [0.2, 0.25) is 0 Å². The summed E-state index contributed by atoms with van der Waals surface area (Å²) in [5, 5.41) is 8.06. The van der Waals surface area contributed by atoms with Crippen molar-refractivity contribution >= 4 is 0 Å². The Morgan fingerprint density at radius 2 is 2.16 bits per heavy atom. The number of ether oxygens (including phenoxy) is 1. The molecule has 0 aliphatic rings. The molecule has 0 amide bonds. The molecule has 2 rings (SSSR count). The molecule has 0 radical (unpaired) electrons. The Morgan fingerprint density at radius 3 is 2.84 bits per heavy atom. The Hall–Kier alpha value is -1.76. The first kappa shape index (κ1) is 13.7. The van der Waals surface area contributed by atoms with Gasteiger partial charge < -0.3 is 4.74 Å². The standard InChI is InChI=1S/C13H19N5O/c1-2-8-19-10-12(16-14)13-9-15-17-18(13)11-6-4-3-5-7-11/h3-7,9,12,16H,2,8,10,14H2,1H3. The van der Waals surface area contributed by atoms with E-state index in [1.54, 1.807) is 10.9 Å². The van der Waals surface area contributed by atoms with Crippen molar-refractivity contribution in [1.82, 2.24) is 20.4 Å². The van der Waals surface area contributed by atoms with Crippen LogP contribution in [0.2, 0.25) is 0 Å². The Morgan fingerprint density at radius 1 is 1.37 bits per heavy atom. The van der Waals surface area contributed by atoms with E-state index in [-0.39, 0.29) is 6.04 Å². The topological polar surface area (TPSA) is 78.0 Å². The lowest BCUT2D eigenvalue weighted by molar-refractivity contribution is 0.110. The zero-order valence-electron chi connectivity index (χ0n) is 11.0. The molecule has 19 heavy (non-hydrogen) atoms. The van der Waals surface area contributed by atoms with Crippen LogP contribution < -0.4 is 11.3 Å². The third-order valence-corrected chi connectivity index (χ3v) is 2.77. The molecule has 0 saturated heterocycles. The van der Waals surface area contributed by atoms with Crippen molar-refractivity contribution in [2.75, 3.05) is 13.2 Å². The average molecular weight is 261 g/mol. The second-order valence-corrected chi connectivity index (χ2v) is 4.20. The Balaban J connectivity index is 2.18. The molecular formula is C13H19N5O. The predicted octanol–water partition coefficient (Wildman–Crippen LogP) is 1.20. The molecular weight excluding hydrogens is 242 g/mol. The van der Waals surface area contributed by atoms with Gasteiger partial charge in [0, 0.05) is 6.61 Å². The number of hydrogen-bond acceptors (Lipinski definition) is 5. The maximum absolute atomic E-state index is 5.59. The largest absolute Gasteiger partial charge is 0.379 e. The van der Waals surface area contributed by atoms with Crippen molar-refractivity contribution in [2.24, 2.45) is 5.84 Å². The van der Waals surface area contributed by atoms with Gasteiger partial charge in [-0.05, 0) is 18.6 Å². The monoisotopic (exact) mass is 261 g/mol. The second-order valence-electron chi connectivity index (χ2n) is 4.20. The van der Waals surface area contributed by atoms with E-state index in [4.69, 9.17) is 10.6 Å². The smallest absolute Gasteiger partial charge is 0.0883 e. The Kier molecular flexibility index (Phi) is 5.02. The number of nitrogens with one attached hydrogen (secondary N) is 1. The molecule has 6 nitrogen and oxygen atoms in total. The number of nitrogens with two attached hydrogens (primary N) is 1. The molecule has 1 atom stereocenters. The molecule has 2 aromatic rings. The number of hydrogen-bond donors (Lipinski definition) is 2. The quantitative estimate of drug-likeness (QED) is 0.445. The fourth-order valence-corrected chi connectivity index (χ4v) is 1.81. The van der Waals surface area contributed by atoms with E-state index >= 15 is 0 Å². The third kappa shape index (κ3) is 3.37. The lowest BCUT2D eigenvalue weighted by Crippen LogP contribution is -2.33. The SMILES string of the molecule is CCCOCC(NN)c1cnnn1-c1ccccc1. The van der Waals surface area contributed by atoms with Crippen LogP contribution in [0.3, 0.4) is 0 Å². The van der Waals surface area contributed by atoms with Gasteiger partial charge in [-0.15, -0.1) is 5.10 Å². The fourth-order valence-electron chi connectivity index (χ4n) is 1.81. The fraction of sp³-hybridized carbons (Fsp3) is 0.385. The van der Waals surface area contributed by atoms with Gasteiger partial charge >= 0.3 is 0 Å². The van der Waals surface area contributed by atoms with E-state index < -0.39 is 0 Å². The van der Waals surface area contributed by atoms with Gasteiger partial charge in [-0.25, -0.2) is 10.1 Å². The van der Waals surface area contributed by atoms with Gasteiger partial charge in [-0.3, -0.25) is 5.84 Å². The first-order chi connectivity index (χ1) is 9.36. The van der Waals surface area contributed by atoms with Crippen LogP contribution in [0.25, 0.3) is 5.69 Å². The average Bonchev–Trinajstić information content (AvgIpc) is 2.94. The molecule has 1 unspecified atom stereocenters. The minimum absolute atomic E-state index is 0.137. The van der Waals surface area contributed by atoms with Gasteiger partial charge in [-0.1, -0.05) is 30.3 Å². The van der Waals surface area contributed by atoms with Crippen molar-refractivity contribution in [2.45, 2.75) is 19.4 Å². The maximum Gasteiger partial charge on any atom is 0.0883 e. The van der Waals surface area contributed by atoms with Gasteiger partial charge in [0.15, 0.2) is 0 Å². The summed E-state index contributed by atoms with van der Waals surface area (Å²) < 4.78 is 7.30. The van der Waals surface area contributed by atoms with Crippen molar-refractivity contribution in [1.29, 1.82) is 0 Å².